The Bertz CT molecular complexity index is 1280. The Balaban J connectivity index is 1.54. The van der Waals surface area contributed by atoms with Gasteiger partial charge in [0.15, 0.2) is 0 Å². The topological polar surface area (TPSA) is 93.1 Å². The average Bonchev–Trinajstić information content (AvgIpc) is 2.75. The van der Waals surface area contributed by atoms with E-state index in [1.54, 1.807) is 31.2 Å². The summed E-state index contributed by atoms with van der Waals surface area (Å²) in [7, 11) is 0. The normalized spacial score (nSPS) is 16.1. The molecule has 1 aromatic heterocycles. The SMILES string of the molecule is C=C1CCC(n2c(C)nc3ccc(CNC(=O)Cc4ccc(Cl)cc4)cc3c2=O)C(=O)N1. The second-order valence-corrected chi connectivity index (χ2v) is 8.35. The van der Waals surface area contributed by atoms with Crippen LogP contribution in [-0.2, 0) is 22.6 Å². The lowest BCUT2D eigenvalue weighted by atomic mass is 10.0. The van der Waals surface area contributed by atoms with Gasteiger partial charge in [0.1, 0.15) is 11.9 Å². The highest BCUT2D eigenvalue weighted by Crippen LogP contribution is 2.23. The minimum Gasteiger partial charge on any atom is -0.352 e. The van der Waals surface area contributed by atoms with Gasteiger partial charge in [0.05, 0.1) is 17.3 Å². The Labute approximate surface area is 190 Å². The summed E-state index contributed by atoms with van der Waals surface area (Å²) in [6.07, 6.45) is 1.35. The zero-order valence-electron chi connectivity index (χ0n) is 17.7. The lowest BCUT2D eigenvalue weighted by Gasteiger charge is -2.26. The van der Waals surface area contributed by atoms with Crippen LogP contribution in [0.5, 0.6) is 0 Å². The van der Waals surface area contributed by atoms with Gasteiger partial charge in [-0.2, -0.15) is 0 Å². The first-order valence-corrected chi connectivity index (χ1v) is 10.7. The Kier molecular flexibility index (Phi) is 6.10. The van der Waals surface area contributed by atoms with Crippen LogP contribution in [0.15, 0.2) is 59.5 Å². The van der Waals surface area contributed by atoms with E-state index in [4.69, 9.17) is 11.6 Å². The molecule has 1 atom stereocenters. The fourth-order valence-electron chi connectivity index (χ4n) is 3.89. The third-order valence-corrected chi connectivity index (χ3v) is 5.79. The van der Waals surface area contributed by atoms with Crippen molar-refractivity contribution in [3.05, 3.63) is 87.1 Å². The molecule has 1 fully saturated rings. The van der Waals surface area contributed by atoms with Crippen molar-refractivity contribution < 1.29 is 9.59 Å². The Morgan fingerprint density at radius 2 is 1.94 bits per heavy atom. The average molecular weight is 451 g/mol. The number of rotatable bonds is 5. The van der Waals surface area contributed by atoms with Crippen LogP contribution in [0.25, 0.3) is 10.9 Å². The summed E-state index contributed by atoms with van der Waals surface area (Å²) in [5.41, 5.74) is 2.58. The smallest absolute Gasteiger partial charge is 0.262 e. The fraction of sp³-hybridized carbons (Fsp3) is 0.250. The Hall–Kier alpha value is -3.45. The molecule has 0 saturated carbocycles. The first-order valence-electron chi connectivity index (χ1n) is 10.3. The predicted molar refractivity (Wildman–Crippen MR) is 123 cm³/mol. The molecule has 164 valence electrons. The van der Waals surface area contributed by atoms with E-state index in [0.717, 1.165) is 11.1 Å². The zero-order valence-corrected chi connectivity index (χ0v) is 18.4. The number of carbonyl (C=O) groups excluding carboxylic acids is 2. The van der Waals surface area contributed by atoms with Gasteiger partial charge in [-0.3, -0.25) is 19.0 Å². The van der Waals surface area contributed by atoms with Gasteiger partial charge in [-0.25, -0.2) is 4.98 Å². The second-order valence-electron chi connectivity index (χ2n) is 7.91. The van der Waals surface area contributed by atoms with Crippen LogP contribution in [0.3, 0.4) is 0 Å². The highest BCUT2D eigenvalue weighted by Gasteiger charge is 2.28. The van der Waals surface area contributed by atoms with Crippen LogP contribution >= 0.6 is 11.6 Å². The van der Waals surface area contributed by atoms with E-state index in [0.29, 0.717) is 40.3 Å². The molecule has 1 aliphatic rings. The summed E-state index contributed by atoms with van der Waals surface area (Å²) in [4.78, 5) is 42.5. The lowest BCUT2D eigenvalue weighted by Crippen LogP contribution is -2.41. The summed E-state index contributed by atoms with van der Waals surface area (Å²) >= 11 is 5.88. The van der Waals surface area contributed by atoms with Crippen molar-refractivity contribution in [2.45, 2.75) is 38.8 Å². The molecule has 0 aliphatic carbocycles. The molecule has 1 aliphatic heterocycles. The third kappa shape index (κ3) is 4.57. The number of aryl methyl sites for hydroxylation is 1. The number of nitrogens with one attached hydrogen (secondary N) is 2. The molecule has 7 nitrogen and oxygen atoms in total. The molecule has 0 spiro atoms. The van der Waals surface area contributed by atoms with E-state index in [1.807, 2.05) is 18.2 Å². The van der Waals surface area contributed by atoms with Crippen LogP contribution in [0.4, 0.5) is 0 Å². The van der Waals surface area contributed by atoms with Gasteiger partial charge in [0, 0.05) is 17.3 Å². The summed E-state index contributed by atoms with van der Waals surface area (Å²) in [5.74, 6) is 0.100. The maximum atomic E-state index is 13.3. The molecule has 32 heavy (non-hydrogen) atoms. The number of halogens is 1. The highest BCUT2D eigenvalue weighted by molar-refractivity contribution is 6.30. The summed E-state index contributed by atoms with van der Waals surface area (Å²) in [6, 6.07) is 11.8. The van der Waals surface area contributed by atoms with Crippen LogP contribution in [-0.4, -0.2) is 21.4 Å². The van der Waals surface area contributed by atoms with Gasteiger partial charge in [-0.1, -0.05) is 36.4 Å². The minimum atomic E-state index is -0.618. The number of nitrogens with zero attached hydrogens (tertiary/aromatic N) is 2. The van der Waals surface area contributed by atoms with Crippen molar-refractivity contribution in [2.24, 2.45) is 0 Å². The number of hydrogen-bond donors (Lipinski definition) is 2. The molecule has 3 aromatic rings. The van der Waals surface area contributed by atoms with Crippen LogP contribution in [0.2, 0.25) is 5.02 Å². The summed E-state index contributed by atoms with van der Waals surface area (Å²) < 4.78 is 1.45. The molecule has 2 aromatic carbocycles. The van der Waals surface area contributed by atoms with Crippen molar-refractivity contribution >= 4 is 34.3 Å². The summed E-state index contributed by atoms with van der Waals surface area (Å²) in [6.45, 7) is 5.79. The quantitative estimate of drug-likeness (QED) is 0.624. The van der Waals surface area contributed by atoms with Gasteiger partial charge < -0.3 is 10.6 Å². The number of benzene rings is 2. The predicted octanol–water partition coefficient (Wildman–Crippen LogP) is 3.18. The first kappa shape index (κ1) is 21.8. The van der Waals surface area contributed by atoms with E-state index in [-0.39, 0.29) is 30.3 Å². The summed E-state index contributed by atoms with van der Waals surface area (Å²) in [5, 5.41) is 6.63. The van der Waals surface area contributed by atoms with E-state index in [9.17, 15) is 14.4 Å². The molecule has 2 N–H and O–H groups in total. The standard InChI is InChI=1S/C24H23ClN4O3/c1-14-3-10-21(23(31)27-14)29-15(2)28-20-9-6-17(11-19(20)24(29)32)13-26-22(30)12-16-4-7-18(25)8-5-16/h4-9,11,21H,1,3,10,12-13H2,2H3,(H,26,30)(H,27,31). The van der Waals surface area contributed by atoms with Gasteiger partial charge in [0.25, 0.3) is 5.56 Å². The van der Waals surface area contributed by atoms with E-state index in [2.05, 4.69) is 22.2 Å². The fourth-order valence-corrected chi connectivity index (χ4v) is 4.02. The lowest BCUT2D eigenvalue weighted by molar-refractivity contribution is -0.125. The molecule has 1 unspecified atom stereocenters. The van der Waals surface area contributed by atoms with E-state index < -0.39 is 6.04 Å². The third-order valence-electron chi connectivity index (χ3n) is 5.54. The molecule has 0 radical (unpaired) electrons. The zero-order chi connectivity index (χ0) is 22.8. The number of carbonyl (C=O) groups is 2. The maximum absolute atomic E-state index is 13.3. The van der Waals surface area contributed by atoms with Gasteiger partial charge in [-0.05, 0) is 55.2 Å². The van der Waals surface area contributed by atoms with Gasteiger partial charge in [0.2, 0.25) is 11.8 Å². The first-order chi connectivity index (χ1) is 15.3. The molecule has 0 bridgehead atoms. The number of fused-ring (bicyclic) bond motifs is 1. The molecular formula is C24H23ClN4O3. The number of piperidine rings is 1. The number of allylic oxidation sites excluding steroid dienone is 1. The van der Waals surface area contributed by atoms with Crippen molar-refractivity contribution in [2.75, 3.05) is 0 Å². The van der Waals surface area contributed by atoms with Gasteiger partial charge in [-0.15, -0.1) is 0 Å². The molecule has 2 amide bonds. The Morgan fingerprint density at radius 3 is 2.66 bits per heavy atom. The largest absolute Gasteiger partial charge is 0.352 e. The van der Waals surface area contributed by atoms with Crippen molar-refractivity contribution in [1.82, 2.24) is 20.2 Å². The molecule has 1 saturated heterocycles. The minimum absolute atomic E-state index is 0.133. The van der Waals surface area contributed by atoms with Crippen LogP contribution in [0, 0.1) is 6.92 Å². The van der Waals surface area contributed by atoms with Gasteiger partial charge >= 0.3 is 0 Å². The number of amides is 2. The molecule has 8 heteroatoms. The number of hydrogen-bond acceptors (Lipinski definition) is 4. The molecular weight excluding hydrogens is 428 g/mol. The monoisotopic (exact) mass is 450 g/mol. The van der Waals surface area contributed by atoms with Crippen molar-refractivity contribution in [3.63, 3.8) is 0 Å². The Morgan fingerprint density at radius 1 is 1.22 bits per heavy atom. The van der Waals surface area contributed by atoms with E-state index in [1.165, 1.54) is 4.57 Å². The molecule has 4 rings (SSSR count). The van der Waals surface area contributed by atoms with Crippen molar-refractivity contribution in [1.29, 1.82) is 0 Å². The van der Waals surface area contributed by atoms with Crippen molar-refractivity contribution in [3.8, 4) is 0 Å². The highest BCUT2D eigenvalue weighted by atomic mass is 35.5. The van der Waals surface area contributed by atoms with Crippen LogP contribution < -0.4 is 16.2 Å². The maximum Gasteiger partial charge on any atom is 0.262 e. The second kappa shape index (κ2) is 8.96. The molecule has 2 heterocycles. The number of aromatic nitrogens is 2. The van der Waals surface area contributed by atoms with E-state index >= 15 is 0 Å². The van der Waals surface area contributed by atoms with Crippen LogP contribution in [0.1, 0.15) is 35.8 Å².